The third kappa shape index (κ3) is 3.29. The van der Waals surface area contributed by atoms with E-state index in [9.17, 15) is 14.9 Å². The Kier molecular flexibility index (Phi) is 4.26. The van der Waals surface area contributed by atoms with Crippen LogP contribution in [0.5, 0.6) is 0 Å². The van der Waals surface area contributed by atoms with Crippen LogP contribution in [0, 0.1) is 10.1 Å². The zero-order valence-electron chi connectivity index (χ0n) is 10.4. The van der Waals surface area contributed by atoms with E-state index >= 15 is 0 Å². The Hall–Kier alpha value is -2.48. The van der Waals surface area contributed by atoms with E-state index in [0.717, 1.165) is 17.1 Å². The number of thiophene rings is 1. The topological polar surface area (TPSA) is 111 Å². The molecule has 7 nitrogen and oxygen atoms in total. The quantitative estimate of drug-likeness (QED) is 0.642. The molecular weight excluding hydrogens is 280 g/mol. The molecule has 2 heterocycles. The summed E-state index contributed by atoms with van der Waals surface area (Å²) >= 11 is 1.60. The van der Waals surface area contributed by atoms with Gasteiger partial charge in [-0.3, -0.25) is 14.9 Å². The largest absolute Gasteiger partial charge is 0.383 e. The lowest BCUT2D eigenvalue weighted by Gasteiger charge is -2.06. The molecule has 0 radical (unpaired) electrons. The van der Waals surface area contributed by atoms with Crippen LogP contribution < -0.4 is 11.1 Å². The molecule has 0 aliphatic rings. The Morgan fingerprint density at radius 3 is 3.00 bits per heavy atom. The Labute approximate surface area is 118 Å². The number of nitro groups is 1. The molecule has 0 spiro atoms. The molecule has 2 rings (SSSR count). The summed E-state index contributed by atoms with van der Waals surface area (Å²) in [6.45, 7) is 0.432. The van der Waals surface area contributed by atoms with Crippen molar-refractivity contribution in [3.05, 3.63) is 50.3 Å². The van der Waals surface area contributed by atoms with E-state index in [-0.39, 0.29) is 17.1 Å². The van der Waals surface area contributed by atoms with Crippen molar-refractivity contribution in [2.45, 2.75) is 6.42 Å². The molecule has 0 fully saturated rings. The molecule has 0 unspecified atom stereocenters. The lowest BCUT2D eigenvalue weighted by molar-refractivity contribution is -0.385. The fraction of sp³-hybridized carbons (Fsp3) is 0.167. The third-order valence-electron chi connectivity index (χ3n) is 2.60. The number of nitrogens with two attached hydrogens (primary N) is 1. The summed E-state index contributed by atoms with van der Waals surface area (Å²) in [7, 11) is 0. The average Bonchev–Trinajstić information content (AvgIpc) is 2.92. The minimum absolute atomic E-state index is 0.0189. The highest BCUT2D eigenvalue weighted by atomic mass is 32.1. The highest BCUT2D eigenvalue weighted by Crippen LogP contribution is 2.16. The minimum Gasteiger partial charge on any atom is -0.383 e. The SMILES string of the molecule is Nc1ncc([N+](=O)[O-])cc1C(=O)NCCc1cccs1. The number of rotatable bonds is 5. The number of anilines is 1. The lowest BCUT2D eigenvalue weighted by Crippen LogP contribution is -2.26. The van der Waals surface area contributed by atoms with Crippen LogP contribution in [0.25, 0.3) is 0 Å². The van der Waals surface area contributed by atoms with Gasteiger partial charge in [-0.25, -0.2) is 4.98 Å². The Morgan fingerprint density at radius 1 is 1.55 bits per heavy atom. The summed E-state index contributed by atoms with van der Waals surface area (Å²) in [5, 5.41) is 15.3. The van der Waals surface area contributed by atoms with Gasteiger partial charge < -0.3 is 11.1 Å². The highest BCUT2D eigenvalue weighted by molar-refractivity contribution is 7.09. The van der Waals surface area contributed by atoms with Gasteiger partial charge in [0.1, 0.15) is 12.0 Å². The molecular formula is C12H12N4O3S. The molecule has 0 aliphatic heterocycles. The third-order valence-corrected chi connectivity index (χ3v) is 3.53. The van der Waals surface area contributed by atoms with E-state index in [4.69, 9.17) is 5.73 Å². The first-order chi connectivity index (χ1) is 9.58. The summed E-state index contributed by atoms with van der Waals surface area (Å²) in [5.41, 5.74) is 5.32. The predicted octanol–water partition coefficient (Wildman–Crippen LogP) is 1.61. The van der Waals surface area contributed by atoms with E-state index in [1.165, 1.54) is 0 Å². The van der Waals surface area contributed by atoms with Crippen LogP contribution in [-0.4, -0.2) is 22.4 Å². The maximum atomic E-state index is 11.9. The molecule has 1 amide bonds. The first-order valence-corrected chi connectivity index (χ1v) is 6.66. The van der Waals surface area contributed by atoms with Crippen molar-refractivity contribution in [3.8, 4) is 0 Å². The first-order valence-electron chi connectivity index (χ1n) is 5.78. The van der Waals surface area contributed by atoms with E-state index in [0.29, 0.717) is 13.0 Å². The number of carbonyl (C=O) groups excluding carboxylic acids is 1. The summed E-state index contributed by atoms with van der Waals surface area (Å²) in [4.78, 5) is 26.8. The van der Waals surface area contributed by atoms with Gasteiger partial charge in [0, 0.05) is 17.5 Å². The average molecular weight is 292 g/mol. The molecule has 0 aliphatic carbocycles. The monoisotopic (exact) mass is 292 g/mol. The van der Waals surface area contributed by atoms with E-state index < -0.39 is 10.8 Å². The molecule has 104 valence electrons. The second-order valence-corrected chi connectivity index (χ2v) is 5.00. The van der Waals surface area contributed by atoms with Gasteiger partial charge >= 0.3 is 0 Å². The van der Waals surface area contributed by atoms with Crippen LogP contribution in [0.15, 0.2) is 29.8 Å². The van der Waals surface area contributed by atoms with Gasteiger partial charge in [-0.1, -0.05) is 6.07 Å². The summed E-state index contributed by atoms with van der Waals surface area (Å²) < 4.78 is 0. The molecule has 0 bridgehead atoms. The van der Waals surface area contributed by atoms with Crippen molar-refractivity contribution in [1.82, 2.24) is 10.3 Å². The van der Waals surface area contributed by atoms with Crippen molar-refractivity contribution < 1.29 is 9.72 Å². The van der Waals surface area contributed by atoms with Crippen molar-refractivity contribution in [2.75, 3.05) is 12.3 Å². The van der Waals surface area contributed by atoms with Crippen LogP contribution in [0.4, 0.5) is 11.5 Å². The molecule has 0 atom stereocenters. The van der Waals surface area contributed by atoms with E-state index in [1.54, 1.807) is 11.3 Å². The van der Waals surface area contributed by atoms with Crippen molar-refractivity contribution in [1.29, 1.82) is 0 Å². The van der Waals surface area contributed by atoms with Crippen LogP contribution in [0.1, 0.15) is 15.2 Å². The van der Waals surface area contributed by atoms with Crippen LogP contribution in [0.2, 0.25) is 0 Å². The molecule has 0 aromatic carbocycles. The second-order valence-electron chi connectivity index (χ2n) is 3.97. The maximum absolute atomic E-state index is 11.9. The molecule has 3 N–H and O–H groups in total. The van der Waals surface area contributed by atoms with Gasteiger partial charge in [0.2, 0.25) is 0 Å². The van der Waals surface area contributed by atoms with Crippen LogP contribution in [0.3, 0.4) is 0 Å². The zero-order valence-corrected chi connectivity index (χ0v) is 11.2. The van der Waals surface area contributed by atoms with E-state index in [1.807, 2.05) is 17.5 Å². The molecule has 8 heteroatoms. The number of nitrogens with zero attached hydrogens (tertiary/aromatic N) is 2. The number of hydrogen-bond acceptors (Lipinski definition) is 6. The van der Waals surface area contributed by atoms with E-state index in [2.05, 4.69) is 10.3 Å². The van der Waals surface area contributed by atoms with Gasteiger partial charge in [0.05, 0.1) is 10.5 Å². The minimum atomic E-state index is -0.616. The first kappa shape index (κ1) is 13.9. The zero-order chi connectivity index (χ0) is 14.5. The smallest absolute Gasteiger partial charge is 0.288 e. The molecule has 20 heavy (non-hydrogen) atoms. The standard InChI is InChI=1S/C12H12N4O3S/c13-11-10(6-8(7-15-11)16(18)19)12(17)14-4-3-9-2-1-5-20-9/h1-2,5-7H,3-4H2,(H2,13,15)(H,14,17). The predicted molar refractivity (Wildman–Crippen MR) is 75.7 cm³/mol. The van der Waals surface area contributed by atoms with Crippen molar-refractivity contribution >= 4 is 28.7 Å². The van der Waals surface area contributed by atoms with Crippen molar-refractivity contribution in [2.24, 2.45) is 0 Å². The van der Waals surface area contributed by atoms with Gasteiger partial charge in [-0.15, -0.1) is 11.3 Å². The van der Waals surface area contributed by atoms with Gasteiger partial charge in [0.15, 0.2) is 0 Å². The fourth-order valence-corrected chi connectivity index (χ4v) is 2.30. The Bertz CT molecular complexity index is 628. The maximum Gasteiger partial charge on any atom is 0.288 e. The van der Waals surface area contributed by atoms with Crippen LogP contribution in [-0.2, 0) is 6.42 Å². The second kappa shape index (κ2) is 6.11. The van der Waals surface area contributed by atoms with Gasteiger partial charge in [-0.2, -0.15) is 0 Å². The number of nitrogen functional groups attached to an aromatic ring is 1. The summed E-state index contributed by atoms with van der Waals surface area (Å²) in [6, 6.07) is 5.03. The van der Waals surface area contributed by atoms with Crippen molar-refractivity contribution in [3.63, 3.8) is 0 Å². The number of amides is 1. The molecule has 0 saturated carbocycles. The Balaban J connectivity index is 2.01. The number of carbonyl (C=O) groups is 1. The Morgan fingerprint density at radius 2 is 2.35 bits per heavy atom. The fourth-order valence-electron chi connectivity index (χ4n) is 1.60. The van der Waals surface area contributed by atoms with Gasteiger partial charge in [0.25, 0.3) is 11.6 Å². The highest BCUT2D eigenvalue weighted by Gasteiger charge is 2.16. The number of pyridine rings is 1. The van der Waals surface area contributed by atoms with Gasteiger partial charge in [-0.05, 0) is 17.9 Å². The molecule has 2 aromatic heterocycles. The normalized spacial score (nSPS) is 10.2. The molecule has 2 aromatic rings. The van der Waals surface area contributed by atoms with Crippen LogP contribution >= 0.6 is 11.3 Å². The summed E-state index contributed by atoms with van der Waals surface area (Å²) in [5.74, 6) is -0.487. The number of aromatic nitrogens is 1. The number of hydrogen-bond donors (Lipinski definition) is 2. The lowest BCUT2D eigenvalue weighted by atomic mass is 10.2. The molecule has 0 saturated heterocycles. The summed E-state index contributed by atoms with van der Waals surface area (Å²) in [6.07, 6.45) is 1.73. The number of nitrogens with one attached hydrogen (secondary N) is 1.